The monoisotopic (exact) mass is 267 g/mol. The van der Waals surface area contributed by atoms with E-state index in [0.29, 0.717) is 17.8 Å². The summed E-state index contributed by atoms with van der Waals surface area (Å²) >= 11 is 0. The number of hydrogen-bond donors (Lipinski definition) is 1. The summed E-state index contributed by atoms with van der Waals surface area (Å²) in [5, 5.41) is 8.75. The van der Waals surface area contributed by atoms with Crippen LogP contribution in [0.25, 0.3) is 0 Å². The summed E-state index contributed by atoms with van der Waals surface area (Å²) in [5.41, 5.74) is 0.504. The normalized spacial score (nSPS) is 32.6. The van der Waals surface area contributed by atoms with E-state index in [-0.39, 0.29) is 0 Å². The van der Waals surface area contributed by atoms with E-state index in [9.17, 15) is 4.79 Å². The Morgan fingerprint density at radius 2 is 1.89 bits per heavy atom. The molecule has 3 heteroatoms. The zero-order chi connectivity index (χ0) is 14.0. The average Bonchev–Trinajstić information content (AvgIpc) is 2.61. The van der Waals surface area contributed by atoms with Crippen molar-refractivity contribution in [1.82, 2.24) is 4.90 Å². The molecule has 0 amide bonds. The van der Waals surface area contributed by atoms with Gasteiger partial charge in [0.25, 0.3) is 0 Å². The Labute approximate surface area is 117 Å². The lowest BCUT2D eigenvalue weighted by atomic mass is 9.89. The highest BCUT2D eigenvalue weighted by Crippen LogP contribution is 2.44. The first-order chi connectivity index (χ1) is 8.87. The van der Waals surface area contributed by atoms with Gasteiger partial charge < -0.3 is 10.0 Å². The molecule has 0 aromatic carbocycles. The molecule has 1 saturated heterocycles. The summed E-state index contributed by atoms with van der Waals surface area (Å²) in [6.07, 6.45) is 6.27. The fraction of sp³-hybridized carbons (Fsp3) is 0.938. The molecule has 0 radical (unpaired) electrons. The number of rotatable bonds is 4. The van der Waals surface area contributed by atoms with Gasteiger partial charge >= 0.3 is 5.97 Å². The molecule has 0 aromatic rings. The van der Waals surface area contributed by atoms with Gasteiger partial charge in [0.1, 0.15) is 0 Å². The van der Waals surface area contributed by atoms with Gasteiger partial charge in [-0.1, -0.05) is 20.8 Å². The third kappa shape index (κ3) is 3.95. The quantitative estimate of drug-likeness (QED) is 0.849. The van der Waals surface area contributed by atoms with Crippen molar-refractivity contribution in [2.45, 2.75) is 65.3 Å². The second-order valence-electron chi connectivity index (χ2n) is 7.53. The van der Waals surface area contributed by atoms with Crippen LogP contribution in [0.1, 0.15) is 59.3 Å². The summed E-state index contributed by atoms with van der Waals surface area (Å²) in [4.78, 5) is 13.3. The van der Waals surface area contributed by atoms with Crippen molar-refractivity contribution in [3.05, 3.63) is 0 Å². The molecule has 2 atom stereocenters. The van der Waals surface area contributed by atoms with Crippen molar-refractivity contribution >= 4 is 5.97 Å². The van der Waals surface area contributed by atoms with E-state index in [1.165, 1.54) is 38.8 Å². The molecule has 0 aromatic heterocycles. The number of piperidine rings is 1. The first-order valence-electron chi connectivity index (χ1n) is 7.83. The van der Waals surface area contributed by atoms with Crippen LogP contribution < -0.4 is 0 Å². The van der Waals surface area contributed by atoms with Crippen LogP contribution in [0.3, 0.4) is 0 Å². The number of aliphatic carboxylic acids is 1. The SMILES string of the molecule is CC1CC(C)(C)CC1N1CCC(CCC(=O)O)CC1. The Balaban J connectivity index is 1.79. The minimum atomic E-state index is -0.645. The predicted molar refractivity (Wildman–Crippen MR) is 77.1 cm³/mol. The van der Waals surface area contributed by atoms with E-state index in [2.05, 4.69) is 25.7 Å². The van der Waals surface area contributed by atoms with E-state index >= 15 is 0 Å². The molecule has 1 aliphatic heterocycles. The molecule has 1 aliphatic carbocycles. The van der Waals surface area contributed by atoms with Gasteiger partial charge in [0.2, 0.25) is 0 Å². The molecule has 1 N–H and O–H groups in total. The Hall–Kier alpha value is -0.570. The van der Waals surface area contributed by atoms with Crippen LogP contribution in [0.4, 0.5) is 0 Å². The lowest BCUT2D eigenvalue weighted by molar-refractivity contribution is -0.137. The molecule has 0 spiro atoms. The standard InChI is InChI=1S/C16H29NO2/c1-12-10-16(2,3)11-14(12)17-8-6-13(7-9-17)4-5-15(18)19/h12-14H,4-11H2,1-3H3,(H,18,19). The number of likely N-dealkylation sites (tertiary alicyclic amines) is 1. The highest BCUT2D eigenvalue weighted by Gasteiger charge is 2.40. The predicted octanol–water partition coefficient (Wildman–Crippen LogP) is 3.39. The van der Waals surface area contributed by atoms with E-state index in [0.717, 1.165) is 18.4 Å². The summed E-state index contributed by atoms with van der Waals surface area (Å²) in [6, 6.07) is 0.760. The Bertz CT molecular complexity index is 319. The Morgan fingerprint density at radius 1 is 1.26 bits per heavy atom. The molecule has 19 heavy (non-hydrogen) atoms. The number of hydrogen-bond acceptors (Lipinski definition) is 2. The fourth-order valence-electron chi connectivity index (χ4n) is 4.25. The minimum Gasteiger partial charge on any atom is -0.481 e. The molecule has 1 heterocycles. The van der Waals surface area contributed by atoms with Gasteiger partial charge in [-0.3, -0.25) is 4.79 Å². The van der Waals surface area contributed by atoms with E-state index in [4.69, 9.17) is 5.11 Å². The summed E-state index contributed by atoms with van der Waals surface area (Å²) in [7, 11) is 0. The van der Waals surface area contributed by atoms with Crippen LogP contribution >= 0.6 is 0 Å². The van der Waals surface area contributed by atoms with Crippen molar-refractivity contribution in [3.63, 3.8) is 0 Å². The summed E-state index contributed by atoms with van der Waals surface area (Å²) in [6.45, 7) is 9.53. The molecular weight excluding hydrogens is 238 g/mol. The highest BCUT2D eigenvalue weighted by atomic mass is 16.4. The largest absolute Gasteiger partial charge is 0.481 e. The lowest BCUT2D eigenvalue weighted by Gasteiger charge is -2.38. The number of carboxylic acids is 1. The van der Waals surface area contributed by atoms with Gasteiger partial charge in [0.05, 0.1) is 0 Å². The highest BCUT2D eigenvalue weighted by molar-refractivity contribution is 5.66. The van der Waals surface area contributed by atoms with Gasteiger partial charge in [-0.25, -0.2) is 0 Å². The van der Waals surface area contributed by atoms with Crippen molar-refractivity contribution in [3.8, 4) is 0 Å². The maximum atomic E-state index is 10.6. The van der Waals surface area contributed by atoms with Gasteiger partial charge in [-0.2, -0.15) is 0 Å². The zero-order valence-electron chi connectivity index (χ0n) is 12.7. The second-order valence-corrected chi connectivity index (χ2v) is 7.53. The third-order valence-electron chi connectivity index (χ3n) is 5.18. The van der Waals surface area contributed by atoms with E-state index < -0.39 is 5.97 Å². The minimum absolute atomic E-state index is 0.345. The molecule has 110 valence electrons. The molecule has 3 nitrogen and oxygen atoms in total. The third-order valence-corrected chi connectivity index (χ3v) is 5.18. The number of carboxylic acid groups (broad SMARTS) is 1. The van der Waals surface area contributed by atoms with Crippen LogP contribution in [-0.2, 0) is 4.79 Å². The van der Waals surface area contributed by atoms with Gasteiger partial charge in [0.15, 0.2) is 0 Å². The number of nitrogens with zero attached hydrogens (tertiary/aromatic N) is 1. The molecule has 2 fully saturated rings. The molecular formula is C16H29NO2. The Kier molecular flexibility index (Phi) is 4.54. The molecule has 2 aliphatic rings. The smallest absolute Gasteiger partial charge is 0.303 e. The van der Waals surface area contributed by atoms with Crippen LogP contribution in [0.15, 0.2) is 0 Å². The van der Waals surface area contributed by atoms with Gasteiger partial charge in [-0.15, -0.1) is 0 Å². The van der Waals surface area contributed by atoms with Crippen LogP contribution in [-0.4, -0.2) is 35.1 Å². The molecule has 2 rings (SSSR count). The molecule has 2 unspecified atom stereocenters. The molecule has 1 saturated carbocycles. The molecule has 0 bridgehead atoms. The average molecular weight is 267 g/mol. The van der Waals surface area contributed by atoms with Crippen molar-refractivity contribution in [2.24, 2.45) is 17.3 Å². The van der Waals surface area contributed by atoms with Crippen LogP contribution in [0.5, 0.6) is 0 Å². The first kappa shape index (κ1) is 14.8. The number of carbonyl (C=O) groups is 1. The maximum absolute atomic E-state index is 10.6. The Morgan fingerprint density at radius 3 is 2.37 bits per heavy atom. The lowest BCUT2D eigenvalue weighted by Crippen LogP contribution is -2.43. The first-order valence-corrected chi connectivity index (χ1v) is 7.83. The van der Waals surface area contributed by atoms with Gasteiger partial charge in [0, 0.05) is 12.5 Å². The summed E-state index contributed by atoms with van der Waals surface area (Å²) in [5.74, 6) is 0.802. The van der Waals surface area contributed by atoms with Gasteiger partial charge in [-0.05, 0) is 62.4 Å². The topological polar surface area (TPSA) is 40.5 Å². The van der Waals surface area contributed by atoms with Crippen molar-refractivity contribution in [1.29, 1.82) is 0 Å². The fourth-order valence-corrected chi connectivity index (χ4v) is 4.25. The second kappa shape index (κ2) is 5.82. The maximum Gasteiger partial charge on any atom is 0.303 e. The zero-order valence-corrected chi connectivity index (χ0v) is 12.7. The van der Waals surface area contributed by atoms with E-state index in [1.807, 2.05) is 0 Å². The van der Waals surface area contributed by atoms with Crippen molar-refractivity contribution in [2.75, 3.05) is 13.1 Å². The summed E-state index contributed by atoms with van der Waals surface area (Å²) < 4.78 is 0. The van der Waals surface area contributed by atoms with Crippen LogP contribution in [0, 0.1) is 17.3 Å². The van der Waals surface area contributed by atoms with Crippen molar-refractivity contribution < 1.29 is 9.90 Å². The van der Waals surface area contributed by atoms with E-state index in [1.54, 1.807) is 0 Å². The van der Waals surface area contributed by atoms with Crippen LogP contribution in [0.2, 0.25) is 0 Å².